The molecule has 1 aromatic carbocycles. The largest absolute Gasteiger partial charge is 0.377 e. The maximum Gasteiger partial charge on any atom is 0.0603 e. The molecule has 0 fully saturated rings. The number of aromatic nitrogens is 1. The molecule has 104 valence electrons. The highest BCUT2D eigenvalue weighted by atomic mass is 14.9. The van der Waals surface area contributed by atoms with Gasteiger partial charge in [-0.25, -0.2) is 0 Å². The van der Waals surface area contributed by atoms with Crippen LogP contribution in [0, 0.1) is 6.92 Å². The third kappa shape index (κ3) is 2.31. The van der Waals surface area contributed by atoms with Crippen LogP contribution < -0.4 is 5.32 Å². The van der Waals surface area contributed by atoms with Crippen LogP contribution in [-0.2, 0) is 5.41 Å². The Kier molecular flexibility index (Phi) is 3.25. The summed E-state index contributed by atoms with van der Waals surface area (Å²) in [6.07, 6.45) is 4.22. The lowest BCUT2D eigenvalue weighted by Crippen LogP contribution is -2.29. The Morgan fingerprint density at radius 3 is 2.75 bits per heavy atom. The minimum absolute atomic E-state index is 0.277. The van der Waals surface area contributed by atoms with Crippen molar-refractivity contribution in [1.82, 2.24) is 4.98 Å². The minimum atomic E-state index is 0.277. The second kappa shape index (κ2) is 4.93. The molecular formula is C18H22N2. The Morgan fingerprint density at radius 1 is 1.15 bits per heavy atom. The lowest BCUT2D eigenvalue weighted by molar-refractivity contribution is 0.406. The van der Waals surface area contributed by atoms with Crippen LogP contribution in [0.25, 0.3) is 0 Å². The standard InChI is InChI=1S/C18H22N2/c1-13-16(9-6-12-19-13)20-17-10-11-18(2,3)15-8-5-4-7-14(15)17/h4-9,12,17,20H,10-11H2,1-3H3. The van der Waals surface area contributed by atoms with Crippen molar-refractivity contribution in [1.29, 1.82) is 0 Å². The first-order valence-corrected chi connectivity index (χ1v) is 7.35. The van der Waals surface area contributed by atoms with Crippen molar-refractivity contribution < 1.29 is 0 Å². The molecule has 1 N–H and O–H groups in total. The fourth-order valence-electron chi connectivity index (χ4n) is 3.19. The van der Waals surface area contributed by atoms with E-state index in [1.54, 1.807) is 0 Å². The number of hydrogen-bond donors (Lipinski definition) is 1. The third-order valence-electron chi connectivity index (χ3n) is 4.46. The fraction of sp³-hybridized carbons (Fsp3) is 0.389. The summed E-state index contributed by atoms with van der Waals surface area (Å²) in [5, 5.41) is 3.68. The van der Waals surface area contributed by atoms with E-state index < -0.39 is 0 Å². The molecule has 3 rings (SSSR count). The molecule has 0 radical (unpaired) electrons. The van der Waals surface area contributed by atoms with Crippen molar-refractivity contribution in [3.05, 3.63) is 59.4 Å². The highest BCUT2D eigenvalue weighted by Gasteiger charge is 2.32. The molecule has 2 heteroatoms. The van der Waals surface area contributed by atoms with E-state index in [0.717, 1.165) is 11.4 Å². The van der Waals surface area contributed by atoms with E-state index in [-0.39, 0.29) is 5.41 Å². The number of nitrogens with zero attached hydrogens (tertiary/aromatic N) is 1. The van der Waals surface area contributed by atoms with Gasteiger partial charge in [-0.15, -0.1) is 0 Å². The average molecular weight is 266 g/mol. The van der Waals surface area contributed by atoms with E-state index in [1.165, 1.54) is 24.0 Å². The van der Waals surface area contributed by atoms with Crippen LogP contribution in [0.15, 0.2) is 42.6 Å². The number of pyridine rings is 1. The number of fused-ring (bicyclic) bond motifs is 1. The second-order valence-corrected chi connectivity index (χ2v) is 6.34. The van der Waals surface area contributed by atoms with Crippen molar-refractivity contribution >= 4 is 5.69 Å². The Labute approximate surface area is 121 Å². The summed E-state index contributed by atoms with van der Waals surface area (Å²) >= 11 is 0. The molecule has 1 heterocycles. The SMILES string of the molecule is Cc1ncccc1NC1CCC(C)(C)c2ccccc21. The maximum absolute atomic E-state index is 4.37. The summed E-state index contributed by atoms with van der Waals surface area (Å²) in [7, 11) is 0. The normalized spacial score (nSPS) is 20.2. The number of benzene rings is 1. The van der Waals surface area contributed by atoms with Crippen LogP contribution in [0.3, 0.4) is 0 Å². The average Bonchev–Trinajstić information content (AvgIpc) is 2.44. The van der Waals surface area contributed by atoms with Gasteiger partial charge < -0.3 is 5.32 Å². The predicted octanol–water partition coefficient (Wildman–Crippen LogP) is 4.61. The summed E-state index contributed by atoms with van der Waals surface area (Å²) in [6.45, 7) is 6.75. The second-order valence-electron chi connectivity index (χ2n) is 6.34. The molecule has 1 aromatic heterocycles. The van der Waals surface area contributed by atoms with Gasteiger partial charge in [0.1, 0.15) is 0 Å². The van der Waals surface area contributed by atoms with Crippen LogP contribution in [0.2, 0.25) is 0 Å². The zero-order chi connectivity index (χ0) is 14.2. The van der Waals surface area contributed by atoms with Gasteiger partial charge >= 0.3 is 0 Å². The quantitative estimate of drug-likeness (QED) is 0.858. The monoisotopic (exact) mass is 266 g/mol. The van der Waals surface area contributed by atoms with Gasteiger partial charge in [0, 0.05) is 6.20 Å². The van der Waals surface area contributed by atoms with E-state index in [2.05, 4.69) is 61.4 Å². The highest BCUT2D eigenvalue weighted by molar-refractivity contribution is 5.51. The summed E-state index contributed by atoms with van der Waals surface area (Å²) in [4.78, 5) is 4.37. The van der Waals surface area contributed by atoms with E-state index >= 15 is 0 Å². The van der Waals surface area contributed by atoms with Crippen molar-refractivity contribution in [2.45, 2.75) is 45.1 Å². The molecule has 0 aliphatic heterocycles. The van der Waals surface area contributed by atoms with E-state index in [9.17, 15) is 0 Å². The lowest BCUT2D eigenvalue weighted by Gasteiger charge is -2.37. The minimum Gasteiger partial charge on any atom is -0.377 e. The number of anilines is 1. The van der Waals surface area contributed by atoms with E-state index in [1.807, 2.05) is 12.3 Å². The zero-order valence-electron chi connectivity index (χ0n) is 12.5. The number of nitrogens with one attached hydrogen (secondary N) is 1. The van der Waals surface area contributed by atoms with Gasteiger partial charge in [-0.2, -0.15) is 0 Å². The summed E-state index contributed by atoms with van der Waals surface area (Å²) in [6, 6.07) is 13.3. The molecule has 1 aliphatic carbocycles. The number of hydrogen-bond acceptors (Lipinski definition) is 2. The van der Waals surface area contributed by atoms with Gasteiger partial charge in [0.25, 0.3) is 0 Å². The number of aryl methyl sites for hydroxylation is 1. The first-order valence-electron chi connectivity index (χ1n) is 7.35. The smallest absolute Gasteiger partial charge is 0.0603 e. The van der Waals surface area contributed by atoms with Gasteiger partial charge in [-0.05, 0) is 48.4 Å². The molecule has 0 amide bonds. The summed E-state index contributed by atoms with van der Waals surface area (Å²) in [5.74, 6) is 0. The summed E-state index contributed by atoms with van der Waals surface area (Å²) in [5.41, 5.74) is 5.40. The molecule has 0 saturated heterocycles. The van der Waals surface area contributed by atoms with E-state index in [4.69, 9.17) is 0 Å². The van der Waals surface area contributed by atoms with Gasteiger partial charge in [0.05, 0.1) is 17.4 Å². The van der Waals surface area contributed by atoms with Crippen LogP contribution in [-0.4, -0.2) is 4.98 Å². The molecule has 2 nitrogen and oxygen atoms in total. The molecule has 0 spiro atoms. The summed E-state index contributed by atoms with van der Waals surface area (Å²) < 4.78 is 0. The zero-order valence-corrected chi connectivity index (χ0v) is 12.5. The predicted molar refractivity (Wildman–Crippen MR) is 84.0 cm³/mol. The molecular weight excluding hydrogens is 244 g/mol. The van der Waals surface area contributed by atoms with Crippen molar-refractivity contribution in [3.8, 4) is 0 Å². The van der Waals surface area contributed by atoms with Crippen LogP contribution >= 0.6 is 0 Å². The number of rotatable bonds is 2. The van der Waals surface area contributed by atoms with Crippen molar-refractivity contribution in [3.63, 3.8) is 0 Å². The molecule has 1 aliphatic rings. The Bertz CT molecular complexity index is 616. The molecule has 1 unspecified atom stereocenters. The van der Waals surface area contributed by atoms with Gasteiger partial charge in [-0.1, -0.05) is 38.1 Å². The van der Waals surface area contributed by atoms with Gasteiger partial charge in [0.2, 0.25) is 0 Å². The topological polar surface area (TPSA) is 24.9 Å². The third-order valence-corrected chi connectivity index (χ3v) is 4.46. The first kappa shape index (κ1) is 13.2. The van der Waals surface area contributed by atoms with Crippen molar-refractivity contribution in [2.24, 2.45) is 0 Å². The Morgan fingerprint density at radius 2 is 1.95 bits per heavy atom. The Balaban J connectivity index is 1.95. The molecule has 20 heavy (non-hydrogen) atoms. The van der Waals surface area contributed by atoms with E-state index in [0.29, 0.717) is 6.04 Å². The van der Waals surface area contributed by atoms with Crippen LogP contribution in [0.4, 0.5) is 5.69 Å². The molecule has 1 atom stereocenters. The lowest BCUT2D eigenvalue weighted by atomic mass is 9.71. The van der Waals surface area contributed by atoms with Crippen LogP contribution in [0.5, 0.6) is 0 Å². The fourth-order valence-corrected chi connectivity index (χ4v) is 3.19. The highest BCUT2D eigenvalue weighted by Crippen LogP contribution is 2.42. The van der Waals surface area contributed by atoms with Gasteiger partial charge in [0.15, 0.2) is 0 Å². The maximum atomic E-state index is 4.37. The Hall–Kier alpha value is -1.83. The van der Waals surface area contributed by atoms with Gasteiger partial charge in [-0.3, -0.25) is 4.98 Å². The molecule has 0 saturated carbocycles. The van der Waals surface area contributed by atoms with Crippen molar-refractivity contribution in [2.75, 3.05) is 5.32 Å². The first-order chi connectivity index (χ1) is 9.58. The molecule has 0 bridgehead atoms. The molecule has 2 aromatic rings. The van der Waals surface area contributed by atoms with Crippen LogP contribution in [0.1, 0.15) is 49.6 Å².